The Bertz CT molecular complexity index is 235. The van der Waals surface area contributed by atoms with Gasteiger partial charge >= 0.3 is 0 Å². The van der Waals surface area contributed by atoms with Crippen LogP contribution in [0.3, 0.4) is 0 Å². The van der Waals surface area contributed by atoms with Crippen LogP contribution in [-0.4, -0.2) is 30.2 Å². The number of hydrogen-bond acceptors (Lipinski definition) is 3. The molecule has 3 N–H and O–H groups in total. The van der Waals surface area contributed by atoms with Crippen molar-refractivity contribution in [3.05, 3.63) is 0 Å². The van der Waals surface area contributed by atoms with Gasteiger partial charge in [-0.25, -0.2) is 0 Å². The number of carbonyl (C=O) groups excluding carboxylic acids is 1. The lowest BCUT2D eigenvalue weighted by Crippen LogP contribution is -2.45. The predicted octanol–water partition coefficient (Wildman–Crippen LogP) is 1.19. The fourth-order valence-electron chi connectivity index (χ4n) is 1.99. The molecule has 4 nitrogen and oxygen atoms in total. The van der Waals surface area contributed by atoms with Crippen molar-refractivity contribution in [1.82, 2.24) is 5.32 Å². The number of hydrogen-bond donors (Lipinski definition) is 2. The summed E-state index contributed by atoms with van der Waals surface area (Å²) in [4.78, 5) is 11.6. The molecule has 0 aromatic heterocycles. The van der Waals surface area contributed by atoms with E-state index in [-0.39, 0.29) is 17.5 Å². The molecule has 1 rings (SSSR count). The van der Waals surface area contributed by atoms with Crippen molar-refractivity contribution < 1.29 is 9.53 Å². The molecule has 1 unspecified atom stereocenters. The molecule has 0 heterocycles. The summed E-state index contributed by atoms with van der Waals surface area (Å²) in [5, 5.41) is 2.83. The molecule has 1 saturated carbocycles. The lowest BCUT2D eigenvalue weighted by atomic mass is 10.0. The largest absolute Gasteiger partial charge is 0.367 e. The first kappa shape index (κ1) is 13.5. The fraction of sp³-hybridized carbons (Fsp3) is 0.917. The highest BCUT2D eigenvalue weighted by Gasteiger charge is 2.30. The van der Waals surface area contributed by atoms with E-state index in [1.807, 2.05) is 13.8 Å². The molecule has 0 bridgehead atoms. The zero-order valence-electron chi connectivity index (χ0n) is 10.6. The minimum absolute atomic E-state index is 0.0587. The third-order valence-electron chi connectivity index (χ3n) is 3.02. The van der Waals surface area contributed by atoms with Crippen molar-refractivity contribution in [2.75, 3.05) is 6.61 Å². The predicted molar refractivity (Wildman–Crippen MR) is 64.1 cm³/mol. The molecule has 16 heavy (non-hydrogen) atoms. The molecule has 0 aromatic carbocycles. The van der Waals surface area contributed by atoms with Crippen LogP contribution in [0, 0.1) is 0 Å². The van der Waals surface area contributed by atoms with Gasteiger partial charge in [0.2, 0.25) is 5.91 Å². The van der Waals surface area contributed by atoms with Crippen molar-refractivity contribution in [3.8, 4) is 0 Å². The molecule has 0 aromatic rings. The first-order chi connectivity index (χ1) is 7.43. The van der Waals surface area contributed by atoms with Crippen LogP contribution in [0.4, 0.5) is 0 Å². The molecule has 1 aliphatic carbocycles. The second-order valence-electron chi connectivity index (χ2n) is 5.19. The van der Waals surface area contributed by atoms with Crippen LogP contribution in [0.2, 0.25) is 0 Å². The summed E-state index contributed by atoms with van der Waals surface area (Å²) in [7, 11) is 0. The minimum atomic E-state index is -0.413. The van der Waals surface area contributed by atoms with Gasteiger partial charge in [0.15, 0.2) is 0 Å². The van der Waals surface area contributed by atoms with Crippen molar-refractivity contribution in [1.29, 1.82) is 0 Å². The third-order valence-corrected chi connectivity index (χ3v) is 3.02. The van der Waals surface area contributed by atoms with Gasteiger partial charge in [0.05, 0.1) is 6.61 Å². The van der Waals surface area contributed by atoms with Gasteiger partial charge < -0.3 is 15.8 Å². The standard InChI is InChI=1S/C12H24N2O2/c1-9(2)14-11(15)10(3)16-8-12(13)6-4-5-7-12/h9-10H,4-8,13H2,1-3H3,(H,14,15). The molecule has 4 heteroatoms. The van der Waals surface area contributed by atoms with E-state index in [1.165, 1.54) is 12.8 Å². The molecule has 1 atom stereocenters. The summed E-state index contributed by atoms with van der Waals surface area (Å²) in [6, 6.07) is 0.150. The average molecular weight is 228 g/mol. The van der Waals surface area contributed by atoms with Gasteiger partial charge in [0.1, 0.15) is 6.10 Å². The van der Waals surface area contributed by atoms with E-state index in [1.54, 1.807) is 6.92 Å². The summed E-state index contributed by atoms with van der Waals surface area (Å²) in [5.74, 6) is -0.0587. The Balaban J connectivity index is 2.28. The van der Waals surface area contributed by atoms with Crippen LogP contribution in [0.5, 0.6) is 0 Å². The van der Waals surface area contributed by atoms with Gasteiger partial charge in [0, 0.05) is 11.6 Å². The van der Waals surface area contributed by atoms with Crippen molar-refractivity contribution in [3.63, 3.8) is 0 Å². The van der Waals surface area contributed by atoms with E-state index >= 15 is 0 Å². The normalized spacial score (nSPS) is 21.1. The van der Waals surface area contributed by atoms with Gasteiger partial charge in [-0.2, -0.15) is 0 Å². The van der Waals surface area contributed by atoms with Crippen molar-refractivity contribution in [2.24, 2.45) is 5.73 Å². The van der Waals surface area contributed by atoms with E-state index in [9.17, 15) is 4.79 Å². The maximum Gasteiger partial charge on any atom is 0.249 e. The molecule has 94 valence electrons. The second kappa shape index (κ2) is 5.64. The first-order valence-corrected chi connectivity index (χ1v) is 6.14. The monoisotopic (exact) mass is 228 g/mol. The number of ether oxygens (including phenoxy) is 1. The number of nitrogens with one attached hydrogen (secondary N) is 1. The van der Waals surface area contributed by atoms with E-state index < -0.39 is 6.10 Å². The van der Waals surface area contributed by atoms with Gasteiger partial charge in [-0.3, -0.25) is 4.79 Å². The molecule has 0 spiro atoms. The van der Waals surface area contributed by atoms with E-state index in [2.05, 4.69) is 5.32 Å². The summed E-state index contributed by atoms with van der Waals surface area (Å²) in [6.45, 7) is 6.13. The van der Waals surface area contributed by atoms with Crippen LogP contribution in [-0.2, 0) is 9.53 Å². The summed E-state index contributed by atoms with van der Waals surface area (Å²) in [6.07, 6.45) is 3.94. The molecule has 1 amide bonds. The zero-order chi connectivity index (χ0) is 12.2. The maximum atomic E-state index is 11.6. The Kier molecular flexibility index (Phi) is 4.74. The first-order valence-electron chi connectivity index (χ1n) is 6.14. The number of rotatable bonds is 5. The lowest BCUT2D eigenvalue weighted by molar-refractivity contribution is -0.133. The van der Waals surface area contributed by atoms with Crippen molar-refractivity contribution in [2.45, 2.75) is 64.1 Å². The molecule has 1 aliphatic rings. The average Bonchev–Trinajstić information content (AvgIpc) is 2.61. The van der Waals surface area contributed by atoms with Gasteiger partial charge in [-0.05, 0) is 33.6 Å². The van der Waals surface area contributed by atoms with E-state index in [0.29, 0.717) is 6.61 Å². The highest BCUT2D eigenvalue weighted by atomic mass is 16.5. The third kappa shape index (κ3) is 4.10. The number of carbonyl (C=O) groups is 1. The van der Waals surface area contributed by atoms with E-state index in [0.717, 1.165) is 12.8 Å². The molecule has 0 aliphatic heterocycles. The smallest absolute Gasteiger partial charge is 0.249 e. The van der Waals surface area contributed by atoms with Gasteiger partial charge in [-0.1, -0.05) is 12.8 Å². The molecule has 0 radical (unpaired) electrons. The molecular formula is C12H24N2O2. The van der Waals surface area contributed by atoms with E-state index in [4.69, 9.17) is 10.5 Å². The zero-order valence-corrected chi connectivity index (χ0v) is 10.6. The highest BCUT2D eigenvalue weighted by molar-refractivity contribution is 5.80. The van der Waals surface area contributed by atoms with Crippen LogP contribution >= 0.6 is 0 Å². The Hall–Kier alpha value is -0.610. The molecule has 0 saturated heterocycles. The number of amides is 1. The quantitative estimate of drug-likeness (QED) is 0.743. The van der Waals surface area contributed by atoms with Gasteiger partial charge in [-0.15, -0.1) is 0 Å². The van der Waals surface area contributed by atoms with Crippen LogP contribution in [0.25, 0.3) is 0 Å². The van der Waals surface area contributed by atoms with Crippen molar-refractivity contribution >= 4 is 5.91 Å². The lowest BCUT2D eigenvalue weighted by Gasteiger charge is -2.25. The Morgan fingerprint density at radius 2 is 1.94 bits per heavy atom. The molecular weight excluding hydrogens is 204 g/mol. The fourth-order valence-corrected chi connectivity index (χ4v) is 1.99. The molecule has 1 fully saturated rings. The Labute approximate surface area is 97.9 Å². The summed E-state index contributed by atoms with van der Waals surface area (Å²) < 4.78 is 5.55. The Morgan fingerprint density at radius 3 is 2.44 bits per heavy atom. The summed E-state index contributed by atoms with van der Waals surface area (Å²) >= 11 is 0. The van der Waals surface area contributed by atoms with Crippen LogP contribution < -0.4 is 11.1 Å². The maximum absolute atomic E-state index is 11.6. The minimum Gasteiger partial charge on any atom is -0.367 e. The summed E-state index contributed by atoms with van der Waals surface area (Å²) in [5.41, 5.74) is 5.95. The van der Waals surface area contributed by atoms with Crippen LogP contribution in [0.15, 0.2) is 0 Å². The highest BCUT2D eigenvalue weighted by Crippen LogP contribution is 2.27. The Morgan fingerprint density at radius 1 is 1.38 bits per heavy atom. The van der Waals surface area contributed by atoms with Gasteiger partial charge in [0.25, 0.3) is 0 Å². The van der Waals surface area contributed by atoms with Crippen LogP contribution in [0.1, 0.15) is 46.5 Å². The SMILES string of the molecule is CC(C)NC(=O)C(C)OCC1(N)CCCC1. The second-order valence-corrected chi connectivity index (χ2v) is 5.19. The number of nitrogens with two attached hydrogens (primary N) is 1. The topological polar surface area (TPSA) is 64.3 Å².